The maximum absolute atomic E-state index is 14.0. The second kappa shape index (κ2) is 22.3. The number of hydrogen-bond acceptors (Lipinski definition) is 11. The van der Waals surface area contributed by atoms with Crippen molar-refractivity contribution in [3.8, 4) is 11.1 Å². The molecule has 0 aromatic heterocycles. The number of fused-ring (bicyclic) bond motifs is 3. The summed E-state index contributed by atoms with van der Waals surface area (Å²) in [6, 6.07) is 13.0. The average molecular weight is 882 g/mol. The van der Waals surface area contributed by atoms with Gasteiger partial charge in [0, 0.05) is 52.7 Å². The van der Waals surface area contributed by atoms with Gasteiger partial charge in [0.2, 0.25) is 29.5 Å². The average Bonchev–Trinajstić information content (AvgIpc) is 3.82. The van der Waals surface area contributed by atoms with Gasteiger partial charge in [-0.25, -0.2) is 0 Å². The molecule has 0 radical (unpaired) electrons. The lowest BCUT2D eigenvalue weighted by molar-refractivity contribution is -0.145. The van der Waals surface area contributed by atoms with Gasteiger partial charge in [-0.3, -0.25) is 38.4 Å². The molecule has 15 nitrogen and oxygen atoms in total. The molecule has 61 heavy (non-hydrogen) atoms. The summed E-state index contributed by atoms with van der Waals surface area (Å²) >= 11 is 2.85. The monoisotopic (exact) mass is 881 g/mol. The van der Waals surface area contributed by atoms with Gasteiger partial charge >= 0.3 is 11.9 Å². The quantitative estimate of drug-likeness (QED) is 0.113. The Labute approximate surface area is 366 Å². The van der Waals surface area contributed by atoms with Crippen molar-refractivity contribution in [1.29, 1.82) is 0 Å². The number of Topliss-reactive ketones (excluding diaryl/α,β-unsaturated/α-hetero) is 1. The number of nitrogens with zero attached hydrogens (tertiary/aromatic N) is 1. The predicted octanol–water partition coefficient (Wildman–Crippen LogP) is 3.81. The summed E-state index contributed by atoms with van der Waals surface area (Å²) in [7, 11) is 0. The lowest BCUT2D eigenvalue weighted by atomic mass is 9.98. The molecule has 4 rings (SSSR count). The molecule has 1 aliphatic heterocycles. The second-order valence-electron chi connectivity index (χ2n) is 17.1. The number of nitrogens with one attached hydrogen (secondary N) is 4. The molecule has 332 valence electrons. The molecule has 1 fully saturated rings. The molecule has 1 heterocycles. The van der Waals surface area contributed by atoms with Gasteiger partial charge in [0.15, 0.2) is 0 Å². The van der Waals surface area contributed by atoms with E-state index < -0.39 is 72.7 Å². The highest BCUT2D eigenvalue weighted by atomic mass is 32.2. The van der Waals surface area contributed by atoms with E-state index in [0.29, 0.717) is 12.8 Å². The maximum Gasteiger partial charge on any atom is 0.322 e. The number of esters is 1. The Balaban J connectivity index is 1.26. The summed E-state index contributed by atoms with van der Waals surface area (Å²) < 4.78 is 5.10. The van der Waals surface area contributed by atoms with Crippen LogP contribution in [0.5, 0.6) is 0 Å². The van der Waals surface area contributed by atoms with Crippen LogP contribution in [-0.2, 0) is 43.1 Å². The molecule has 5 amide bonds. The number of ether oxygens (including phenoxy) is 1. The zero-order chi connectivity index (χ0) is 44.9. The first-order valence-electron chi connectivity index (χ1n) is 20.5. The van der Waals surface area contributed by atoms with Gasteiger partial charge in [0.1, 0.15) is 37.1 Å². The maximum atomic E-state index is 14.0. The number of aliphatic carboxylic acids is 1. The summed E-state index contributed by atoms with van der Waals surface area (Å²) in [6.45, 7) is 11.0. The van der Waals surface area contributed by atoms with E-state index in [1.54, 1.807) is 0 Å². The van der Waals surface area contributed by atoms with Crippen LogP contribution in [0.4, 0.5) is 0 Å². The van der Waals surface area contributed by atoms with Gasteiger partial charge < -0.3 is 36.0 Å². The summed E-state index contributed by atoms with van der Waals surface area (Å²) in [6.07, 6.45) is 0.284. The van der Waals surface area contributed by atoms with Crippen molar-refractivity contribution in [2.75, 3.05) is 37.7 Å². The Kier molecular flexibility index (Phi) is 17.8. The molecule has 0 saturated carbocycles. The first-order chi connectivity index (χ1) is 28.7. The molecule has 0 bridgehead atoms. The number of rotatable bonds is 21. The highest BCUT2D eigenvalue weighted by Gasteiger charge is 2.38. The van der Waals surface area contributed by atoms with E-state index in [9.17, 15) is 38.4 Å². The van der Waals surface area contributed by atoms with Crippen LogP contribution in [0.15, 0.2) is 48.5 Å². The first-order valence-corrected chi connectivity index (χ1v) is 22.5. The van der Waals surface area contributed by atoms with E-state index in [0.717, 1.165) is 22.3 Å². The van der Waals surface area contributed by atoms with Crippen molar-refractivity contribution in [1.82, 2.24) is 26.2 Å². The third kappa shape index (κ3) is 15.5. The van der Waals surface area contributed by atoms with Gasteiger partial charge in [0.25, 0.3) is 0 Å². The van der Waals surface area contributed by atoms with Crippen LogP contribution in [0, 0.1) is 0 Å². The molecule has 0 spiro atoms. The van der Waals surface area contributed by atoms with Crippen LogP contribution in [0.1, 0.15) is 97.1 Å². The minimum absolute atomic E-state index is 0.0940. The Morgan fingerprint density at radius 2 is 1.30 bits per heavy atom. The smallest absolute Gasteiger partial charge is 0.322 e. The number of carboxylic acids is 1. The molecule has 2 aliphatic rings. The number of carboxylic acid groups (broad SMARTS) is 1. The molecule has 0 unspecified atom stereocenters. The molecule has 2 aromatic carbocycles. The van der Waals surface area contributed by atoms with E-state index in [2.05, 4.69) is 21.3 Å². The van der Waals surface area contributed by atoms with Crippen molar-refractivity contribution in [2.24, 2.45) is 0 Å². The van der Waals surface area contributed by atoms with Crippen LogP contribution < -0.4 is 21.3 Å². The third-order valence-corrected chi connectivity index (χ3v) is 12.7. The number of carbonyl (C=O) groups excluding carboxylic acids is 7. The van der Waals surface area contributed by atoms with Crippen LogP contribution >= 0.6 is 23.5 Å². The fourth-order valence-electron chi connectivity index (χ4n) is 6.92. The molecule has 2 aromatic rings. The molecule has 3 atom stereocenters. The lowest BCUT2D eigenvalue weighted by Gasteiger charge is -2.30. The van der Waals surface area contributed by atoms with Gasteiger partial charge in [-0.05, 0) is 35.1 Å². The molecule has 1 aliphatic carbocycles. The fraction of sp³-hybridized carbons (Fsp3) is 0.545. The zero-order valence-corrected chi connectivity index (χ0v) is 37.4. The Bertz CT molecular complexity index is 1900. The van der Waals surface area contributed by atoms with Crippen molar-refractivity contribution < 1.29 is 48.2 Å². The standard InChI is InChI=1S/C44H59N5O10S2/c1-43(2,3)60-25-33(40(56)46-23-38(53)54)47-37(52)22-45-41(57)35-16-11-21-49(35)42(58)34(26-61-44(4,5)6)48-36(51)19-17-27(50)18-20-39(55)59-24-32-30-14-9-7-12-28(30)29-13-8-10-15-31(29)32/h7-10,12-15,32-35H,11,16-26H2,1-6H3,(H,45,57)(H,46,56)(H,47,52)(H,48,51)(H,53,54)/t33-,34-,35-/m0/s1. The van der Waals surface area contributed by atoms with Gasteiger partial charge in [0.05, 0.1) is 13.0 Å². The van der Waals surface area contributed by atoms with E-state index >= 15 is 0 Å². The van der Waals surface area contributed by atoms with Crippen molar-refractivity contribution in [3.63, 3.8) is 0 Å². The molecule has 17 heteroatoms. The Hall–Kier alpha value is -4.90. The van der Waals surface area contributed by atoms with Crippen LogP contribution in [0.3, 0.4) is 0 Å². The number of benzene rings is 2. The van der Waals surface area contributed by atoms with Crippen molar-refractivity contribution >= 4 is 70.8 Å². The van der Waals surface area contributed by atoms with Crippen LogP contribution in [-0.4, -0.2) is 123 Å². The van der Waals surface area contributed by atoms with E-state index in [-0.39, 0.29) is 71.5 Å². The number of likely N-dealkylation sites (tertiary alicyclic amines) is 1. The summed E-state index contributed by atoms with van der Waals surface area (Å²) in [5.41, 5.74) is 4.39. The van der Waals surface area contributed by atoms with Gasteiger partial charge in [-0.2, -0.15) is 23.5 Å². The van der Waals surface area contributed by atoms with Crippen LogP contribution in [0.2, 0.25) is 0 Å². The van der Waals surface area contributed by atoms with Crippen LogP contribution in [0.25, 0.3) is 11.1 Å². The van der Waals surface area contributed by atoms with E-state index in [4.69, 9.17) is 9.84 Å². The fourth-order valence-corrected chi connectivity index (χ4v) is 8.71. The second-order valence-corrected chi connectivity index (χ2v) is 20.7. The molecular weight excluding hydrogens is 823 g/mol. The molecule has 1 saturated heterocycles. The predicted molar refractivity (Wildman–Crippen MR) is 235 cm³/mol. The van der Waals surface area contributed by atoms with E-state index in [1.165, 1.54) is 28.4 Å². The summed E-state index contributed by atoms with van der Waals surface area (Å²) in [5.74, 6) is -4.69. The third-order valence-electron chi connectivity index (χ3n) is 9.94. The molecular formula is C44H59N5O10S2. The number of amides is 5. The number of thioether (sulfide) groups is 2. The largest absolute Gasteiger partial charge is 0.480 e. The minimum atomic E-state index is -1.24. The number of ketones is 1. The first kappa shape index (κ1) is 48.8. The topological polar surface area (TPSA) is 217 Å². The highest BCUT2D eigenvalue weighted by molar-refractivity contribution is 8.00. The summed E-state index contributed by atoms with van der Waals surface area (Å²) in [4.78, 5) is 104. The normalized spacial score (nSPS) is 15.8. The van der Waals surface area contributed by atoms with E-state index in [1.807, 2.05) is 90.1 Å². The Morgan fingerprint density at radius 1 is 0.738 bits per heavy atom. The number of carbonyl (C=O) groups is 8. The van der Waals surface area contributed by atoms with Crippen molar-refractivity contribution in [2.45, 2.75) is 114 Å². The zero-order valence-electron chi connectivity index (χ0n) is 35.8. The summed E-state index contributed by atoms with van der Waals surface area (Å²) in [5, 5.41) is 19.1. The van der Waals surface area contributed by atoms with Gasteiger partial charge in [-0.1, -0.05) is 90.1 Å². The SMILES string of the molecule is CC(C)(C)SC[C@H](NC(=O)CNC(=O)[C@@H]1CCCN1C(=O)[C@H](CSC(C)(C)C)NC(=O)CCC(=O)CCC(=O)OCC1c2ccccc2-c2ccccc21)C(=O)NCC(=O)O. The van der Waals surface area contributed by atoms with Crippen molar-refractivity contribution in [3.05, 3.63) is 59.7 Å². The minimum Gasteiger partial charge on any atom is -0.480 e. The Morgan fingerprint density at radius 3 is 1.89 bits per heavy atom. The van der Waals surface area contributed by atoms with Gasteiger partial charge in [-0.15, -0.1) is 0 Å². The number of hydrogen-bond donors (Lipinski definition) is 5. The molecule has 5 N–H and O–H groups in total. The highest BCUT2D eigenvalue weighted by Crippen LogP contribution is 2.44. The lowest BCUT2D eigenvalue weighted by Crippen LogP contribution is -2.56.